The summed E-state index contributed by atoms with van der Waals surface area (Å²) in [5.74, 6) is -6.28. The van der Waals surface area contributed by atoms with E-state index < -0.39 is 386 Å². The van der Waals surface area contributed by atoms with E-state index in [4.69, 9.17) is 96.1 Å². The molecule has 0 amide bonds. The Bertz CT molecular complexity index is 3390. The highest BCUT2D eigenvalue weighted by Crippen LogP contribution is 2.62. The fourth-order valence-corrected chi connectivity index (χ4v) is 17.3. The van der Waals surface area contributed by atoms with Gasteiger partial charge in [-0.1, -0.05) is 0 Å². The van der Waals surface area contributed by atoms with Gasteiger partial charge in [-0.05, 0) is 0 Å². The van der Waals surface area contributed by atoms with Crippen LogP contribution in [0.1, 0.15) is 6.42 Å². The van der Waals surface area contributed by atoms with Gasteiger partial charge in [0.2, 0.25) is 0 Å². The molecular formula is C57H104N2O58P4. The number of carbonyl (C=O) groups is 1. The fourth-order valence-electron chi connectivity index (χ4n) is 13.7. The van der Waals surface area contributed by atoms with E-state index in [1.807, 2.05) is 0 Å². The van der Waals surface area contributed by atoms with Gasteiger partial charge in [0.05, 0.1) is 66.1 Å². The highest BCUT2D eigenvalue weighted by Gasteiger charge is 2.65. The van der Waals surface area contributed by atoms with E-state index in [1.54, 1.807) is 0 Å². The molecule has 64 heteroatoms. The number of phosphoric ester groups is 4. The van der Waals surface area contributed by atoms with Crippen molar-refractivity contribution >= 4 is 37.3 Å². The molecule has 0 radical (unpaired) electrons. The monoisotopic (exact) mass is 1870 g/mol. The second-order valence-corrected chi connectivity index (χ2v) is 33.9. The summed E-state index contributed by atoms with van der Waals surface area (Å²) >= 11 is 0. The molecule has 0 spiro atoms. The van der Waals surface area contributed by atoms with E-state index in [9.17, 15) is 185 Å². The maximum Gasteiger partial charge on any atom is 0.481 e. The molecule has 36 N–H and O–H groups in total. The molecule has 710 valence electrons. The van der Waals surface area contributed by atoms with Crippen LogP contribution in [-0.2, 0) is 121 Å². The highest BCUT2D eigenvalue weighted by atomic mass is 31.3. The van der Waals surface area contributed by atoms with Crippen LogP contribution >= 0.6 is 31.3 Å². The predicted octanol–water partition coefficient (Wildman–Crippen LogP) is -20.1. The topological polar surface area (TPSA) is 979 Å². The number of hydrogen-bond donors (Lipinski definition) is 34. The van der Waals surface area contributed by atoms with Crippen molar-refractivity contribution < 1.29 is 283 Å². The largest absolute Gasteiger partial charge is 0.481 e. The Balaban J connectivity index is 1.37. The van der Waals surface area contributed by atoms with Gasteiger partial charge in [0.1, 0.15) is 214 Å². The van der Waals surface area contributed by atoms with E-state index in [2.05, 4.69) is 13.4 Å². The van der Waals surface area contributed by atoms with Gasteiger partial charge in [0, 0.05) is 19.5 Å². The van der Waals surface area contributed by atoms with Crippen LogP contribution < -0.4 is 11.5 Å². The van der Waals surface area contributed by atoms with Crippen molar-refractivity contribution in [2.75, 3.05) is 79.2 Å². The number of rotatable bonds is 41. The van der Waals surface area contributed by atoms with Crippen LogP contribution in [0.15, 0.2) is 0 Å². The SMILES string of the molecule is NCCOP(=O)(O)O[C@@H](CO)[C@H]1O[C@H](O[C@@H]2[C@H](O)[C@@H](O[C@H]3[C@@H]([C@H](O)CO)O[C@@](O)(C(=O)O)C[C@H]3OP(=O)(O)OP(=O)(O)OCCN)O[C@H]([C@@H](O)CO)[C@H]2O[C@@H]2O[C@H](CO)[C@@H](O)[C@H](O)[C@H]2O)[C@@H](O[C@H]2O[C@H]([C@@H](O)CO)[C@@H](O)[C@H](O)[C@@H]2O[C@@H]2O[C@H](CO)[C@@H](O[C@@H]3O[C@H](CO)[C@H](O)[C@H](O)[C@H]3O)[C@H](O)[C@H]2O)[C@@H](O[C@H]2O[C@H](COP(=O)(O)O)[C@@H](O)[C@H](O)[C@H]2O)[C@@H]1O. The minimum absolute atomic E-state index is 0.576. The van der Waals surface area contributed by atoms with Crippen molar-refractivity contribution in [3.63, 3.8) is 0 Å². The van der Waals surface area contributed by atoms with Crippen LogP contribution in [0.25, 0.3) is 0 Å². The first-order chi connectivity index (χ1) is 56.5. The Labute approximate surface area is 679 Å². The molecule has 0 bridgehead atoms. The zero-order chi connectivity index (χ0) is 90.4. The number of nitrogens with two attached hydrogens (primary N) is 2. The van der Waals surface area contributed by atoms with Crippen LogP contribution in [-0.4, -0.2) is 511 Å². The standard InChI is InChI=1S/C57H104N2O58P4/c58-1-3-97-119(91,92)116-21(12-66)42-36(83)44(109-51-34(81)28(75)25(72)22(103-51)13-99-118(88,89)90)48(113-54-46(30(77)29(76)38(104-54)14(67)6-60)111-52-35(82)31(78)41(20(11-65)102-52)106-49-32(79)26(73)23(70)18(9-63)100-49)55(107-42)110-45-37(84)53(105-39(15(68)7-61)47(45)112-50-33(80)27(74)24(71)19(10-64)101-50)108-43-17(115-121(95,96)117-120(93,94)98-4-2-59)5-57(87,56(85)86)114-40(43)16(69)8-62/h14-55,60-84,87H,1-13,58-59H2,(H,85,86)(H,91,92)(H,93,94)(H,95,96)(H2,88,89,90)/t14-,15-,16+,17+,18+,19+,20+,21-,22+,23-,24+,25+,26-,27-,28-,29-,30-,31+,32+,33+,34+,35+,36+,37-,38+,39+,40+,41+,42+,43+,44-,45+,46-,47+,48-,49-,50-,51+,52-,53+,54+,55+,57+/m0/s1. The molecule has 3 unspecified atom stereocenters. The van der Waals surface area contributed by atoms with Crippen molar-refractivity contribution in [1.82, 2.24) is 0 Å². The fraction of sp³-hybridized carbons (Fsp3) is 0.982. The number of aliphatic carboxylic acids is 1. The summed E-state index contributed by atoms with van der Waals surface area (Å²) < 4.78 is 169. The molecule has 8 heterocycles. The Morgan fingerprint density at radius 1 is 0.380 bits per heavy atom. The van der Waals surface area contributed by atoms with Crippen LogP contribution in [0.5, 0.6) is 0 Å². The summed E-state index contributed by atoms with van der Waals surface area (Å²) in [4.78, 5) is 64.6. The zero-order valence-electron chi connectivity index (χ0n) is 62.3. The number of carboxylic acids is 1. The van der Waals surface area contributed by atoms with E-state index in [-0.39, 0.29) is 0 Å². The molecule has 0 aromatic rings. The van der Waals surface area contributed by atoms with Gasteiger partial charge in [0.25, 0.3) is 5.79 Å². The van der Waals surface area contributed by atoms with E-state index in [0.717, 1.165) is 0 Å². The molecule has 0 aromatic heterocycles. The number of aliphatic hydroxyl groups excluding tert-OH is 25. The number of carboxylic acid groups (broad SMARTS) is 1. The smallest absolute Gasteiger partial charge is 0.477 e. The summed E-state index contributed by atoms with van der Waals surface area (Å²) in [6, 6.07) is 0. The van der Waals surface area contributed by atoms with Crippen LogP contribution in [0.2, 0.25) is 0 Å². The van der Waals surface area contributed by atoms with E-state index in [0.29, 0.717) is 0 Å². The first-order valence-electron chi connectivity index (χ1n) is 36.3. The van der Waals surface area contributed by atoms with Crippen molar-refractivity contribution in [2.24, 2.45) is 11.5 Å². The number of hydrogen-bond acceptors (Lipinski definition) is 54. The molecule has 8 saturated heterocycles. The third kappa shape index (κ3) is 25.1. The van der Waals surface area contributed by atoms with Gasteiger partial charge < -0.3 is 245 Å². The Morgan fingerprint density at radius 2 is 0.769 bits per heavy atom. The molecule has 8 aliphatic rings. The maximum absolute atomic E-state index is 13.8. The van der Waals surface area contributed by atoms with Crippen molar-refractivity contribution in [2.45, 2.75) is 270 Å². The average molecular weight is 1870 g/mol. The first-order valence-corrected chi connectivity index (χ1v) is 42.3. The highest BCUT2D eigenvalue weighted by molar-refractivity contribution is 7.61. The molecule has 8 rings (SSSR count). The van der Waals surface area contributed by atoms with Gasteiger partial charge >= 0.3 is 37.3 Å². The minimum atomic E-state index is -6.43. The summed E-state index contributed by atoms with van der Waals surface area (Å²) in [6.07, 6.45) is -113. The molecule has 8 aliphatic heterocycles. The van der Waals surface area contributed by atoms with Gasteiger partial charge in [-0.15, -0.1) is 0 Å². The lowest BCUT2D eigenvalue weighted by Gasteiger charge is -2.53. The number of ether oxygens (including phenoxy) is 15. The molecular weight excluding hydrogens is 1760 g/mol. The molecule has 8 fully saturated rings. The lowest BCUT2D eigenvalue weighted by molar-refractivity contribution is -0.428. The quantitative estimate of drug-likeness (QED) is 0.0253. The Kier molecular flexibility index (Phi) is 38.4. The normalized spacial score (nSPS) is 45.4. The first kappa shape index (κ1) is 105. The van der Waals surface area contributed by atoms with Crippen molar-refractivity contribution in [3.8, 4) is 0 Å². The van der Waals surface area contributed by atoms with Gasteiger partial charge in [-0.25, -0.2) is 23.1 Å². The van der Waals surface area contributed by atoms with E-state index >= 15 is 0 Å². The second kappa shape index (κ2) is 44.4. The third-order valence-electron chi connectivity index (χ3n) is 19.9. The van der Waals surface area contributed by atoms with Crippen molar-refractivity contribution in [3.05, 3.63) is 0 Å². The lowest BCUT2D eigenvalue weighted by Crippen LogP contribution is -2.71. The lowest BCUT2D eigenvalue weighted by atomic mass is 9.91. The van der Waals surface area contributed by atoms with Gasteiger partial charge in [-0.2, -0.15) is 4.31 Å². The Hall–Kier alpha value is -1.77. The number of phosphoric acid groups is 4. The molecule has 60 nitrogen and oxygen atoms in total. The summed E-state index contributed by atoms with van der Waals surface area (Å²) in [6.45, 7) is -14.7. The summed E-state index contributed by atoms with van der Waals surface area (Å²) in [5, 5.41) is 303. The molecule has 0 aromatic carbocycles. The average Bonchev–Trinajstić information content (AvgIpc) is 0.746. The van der Waals surface area contributed by atoms with Crippen LogP contribution in [0.3, 0.4) is 0 Å². The molecule has 0 saturated carbocycles. The zero-order valence-corrected chi connectivity index (χ0v) is 65.9. The number of aliphatic hydroxyl groups is 26. The molecule has 46 atom stereocenters. The summed E-state index contributed by atoms with van der Waals surface area (Å²) in [5.41, 5.74) is 10.8. The predicted molar refractivity (Wildman–Crippen MR) is 363 cm³/mol. The molecule has 0 aliphatic carbocycles. The van der Waals surface area contributed by atoms with Crippen molar-refractivity contribution in [1.29, 1.82) is 0 Å². The second-order valence-electron chi connectivity index (χ2n) is 28.3. The summed E-state index contributed by atoms with van der Waals surface area (Å²) in [7, 11) is -23.7. The van der Waals surface area contributed by atoms with Crippen LogP contribution in [0, 0.1) is 0 Å². The van der Waals surface area contributed by atoms with Gasteiger partial charge in [0.15, 0.2) is 44.0 Å². The third-order valence-corrected chi connectivity index (χ3v) is 24.1. The van der Waals surface area contributed by atoms with Gasteiger partial charge in [-0.3, -0.25) is 22.6 Å². The van der Waals surface area contributed by atoms with E-state index in [1.165, 1.54) is 0 Å². The van der Waals surface area contributed by atoms with Crippen LogP contribution in [0.4, 0.5) is 0 Å². The maximum atomic E-state index is 13.8. The Morgan fingerprint density at radius 3 is 1.26 bits per heavy atom. The minimum Gasteiger partial charge on any atom is -0.477 e. The molecule has 121 heavy (non-hydrogen) atoms.